The van der Waals surface area contributed by atoms with Crippen molar-refractivity contribution >= 4 is 25.4 Å². The van der Waals surface area contributed by atoms with Gasteiger partial charge in [-0.3, -0.25) is 0 Å². The van der Waals surface area contributed by atoms with E-state index in [1.165, 1.54) is 17.0 Å². The second kappa shape index (κ2) is 7.73. The average Bonchev–Trinajstić information content (AvgIpc) is 2.73. The maximum absolute atomic E-state index is 11.9. The summed E-state index contributed by atoms with van der Waals surface area (Å²) in [5.41, 5.74) is 0.0793. The number of hydrogen-bond donors (Lipinski definition) is 1. The van der Waals surface area contributed by atoms with Gasteiger partial charge in [0.2, 0.25) is 0 Å². The molecule has 1 fully saturated rings. The number of carbonyl (C=O) groups is 1. The zero-order valence-corrected chi connectivity index (χ0v) is 18.8. The molecule has 2 aliphatic rings. The first-order chi connectivity index (χ1) is 12.6. The first-order valence-electron chi connectivity index (χ1n) is 9.97. The van der Waals surface area contributed by atoms with Gasteiger partial charge in [0.15, 0.2) is 0 Å². The third-order valence-electron chi connectivity index (χ3n) is 6.46. The monoisotopic (exact) mass is 436 g/mol. The molecule has 1 aromatic rings. The molecule has 1 saturated carbocycles. The summed E-state index contributed by atoms with van der Waals surface area (Å²) < 4.78 is 7.23. The van der Waals surface area contributed by atoms with Gasteiger partial charge in [-0.25, -0.2) is 0 Å². The average molecular weight is 435 g/mol. The zero-order chi connectivity index (χ0) is 19.8. The Kier molecular flexibility index (Phi) is 5.91. The number of benzene rings is 1. The van der Waals surface area contributed by atoms with Crippen molar-refractivity contribution in [1.82, 2.24) is 0 Å². The fourth-order valence-electron chi connectivity index (χ4n) is 4.81. The van der Waals surface area contributed by atoms with E-state index in [0.29, 0.717) is 5.92 Å². The Bertz CT molecular complexity index is 710. The SMILES string of the molecule is CC(=O)O[C@]1(C)CCC(C(C)C)=C[C@H]2[C@H]1C[C@@H]([Se]c1ccccc1)[C@]2(C)O. The normalized spacial score (nSPS) is 36.1. The molecule has 148 valence electrons. The van der Waals surface area contributed by atoms with Crippen LogP contribution in [0, 0.1) is 17.8 Å². The minimum absolute atomic E-state index is 0.0253. The van der Waals surface area contributed by atoms with Crippen molar-refractivity contribution in [3.63, 3.8) is 0 Å². The molecule has 0 saturated heterocycles. The Morgan fingerprint density at radius 1 is 1.26 bits per heavy atom. The zero-order valence-electron chi connectivity index (χ0n) is 17.1. The summed E-state index contributed by atoms with van der Waals surface area (Å²) in [5, 5.41) is 11.6. The standard InChI is InChI=1S/C23H32O3Se/c1-15(2)17-11-12-22(4,26-16(3)24)19-14-21(23(5,25)20(19)13-17)27-18-9-7-6-8-10-18/h6-10,13,15,19-21,25H,11-12,14H2,1-5H3/t19-,20+,21-,22-,23-/m1/s1. The molecule has 0 spiro atoms. The maximum atomic E-state index is 11.9. The Balaban J connectivity index is 1.97. The van der Waals surface area contributed by atoms with E-state index in [9.17, 15) is 9.90 Å². The molecule has 0 unspecified atom stereocenters. The van der Waals surface area contributed by atoms with E-state index < -0.39 is 11.2 Å². The molecule has 0 bridgehead atoms. The predicted molar refractivity (Wildman–Crippen MR) is 110 cm³/mol. The number of esters is 1. The fraction of sp³-hybridized carbons (Fsp3) is 0.609. The van der Waals surface area contributed by atoms with Gasteiger partial charge in [0.05, 0.1) is 0 Å². The Morgan fingerprint density at radius 2 is 1.93 bits per heavy atom. The second-order valence-electron chi connectivity index (χ2n) is 8.82. The molecule has 1 aromatic carbocycles. The van der Waals surface area contributed by atoms with Gasteiger partial charge in [-0.2, -0.15) is 0 Å². The molecule has 4 heteroatoms. The molecule has 2 aliphatic carbocycles. The molecule has 0 heterocycles. The van der Waals surface area contributed by atoms with E-state index in [-0.39, 0.29) is 37.6 Å². The van der Waals surface area contributed by atoms with Gasteiger partial charge >= 0.3 is 170 Å². The Labute approximate surface area is 169 Å². The quantitative estimate of drug-likeness (QED) is 0.444. The minimum atomic E-state index is -0.785. The summed E-state index contributed by atoms with van der Waals surface area (Å²) in [6.45, 7) is 10.0. The van der Waals surface area contributed by atoms with Crippen LogP contribution in [-0.2, 0) is 9.53 Å². The molecule has 5 atom stereocenters. The van der Waals surface area contributed by atoms with Gasteiger partial charge in [-0.15, -0.1) is 0 Å². The van der Waals surface area contributed by atoms with Gasteiger partial charge in [-0.1, -0.05) is 0 Å². The summed E-state index contributed by atoms with van der Waals surface area (Å²) in [7, 11) is 0. The first-order valence-corrected chi connectivity index (χ1v) is 11.8. The number of hydrogen-bond acceptors (Lipinski definition) is 3. The number of rotatable bonds is 4. The van der Waals surface area contributed by atoms with Crippen LogP contribution >= 0.6 is 0 Å². The number of fused-ring (bicyclic) bond motifs is 1. The van der Waals surface area contributed by atoms with Crippen LogP contribution in [0.1, 0.15) is 53.9 Å². The molecular formula is C23H32O3Se. The Morgan fingerprint density at radius 3 is 2.52 bits per heavy atom. The van der Waals surface area contributed by atoms with Crippen LogP contribution in [0.3, 0.4) is 0 Å². The van der Waals surface area contributed by atoms with Crippen LogP contribution < -0.4 is 4.46 Å². The fourth-order valence-corrected chi connectivity index (χ4v) is 7.63. The van der Waals surface area contributed by atoms with E-state index in [1.54, 1.807) is 0 Å². The van der Waals surface area contributed by atoms with Crippen LogP contribution in [0.5, 0.6) is 0 Å². The van der Waals surface area contributed by atoms with Gasteiger partial charge in [0.1, 0.15) is 0 Å². The van der Waals surface area contributed by atoms with Gasteiger partial charge in [0.25, 0.3) is 0 Å². The number of allylic oxidation sites excluding steroid dienone is 1. The number of aliphatic hydroxyl groups is 1. The van der Waals surface area contributed by atoms with E-state index in [2.05, 4.69) is 51.1 Å². The van der Waals surface area contributed by atoms with E-state index in [1.807, 2.05) is 13.0 Å². The molecule has 0 radical (unpaired) electrons. The predicted octanol–water partition coefficient (Wildman–Crippen LogP) is 3.89. The molecule has 3 nitrogen and oxygen atoms in total. The summed E-state index contributed by atoms with van der Waals surface area (Å²) in [5.74, 6) is 0.404. The van der Waals surface area contributed by atoms with Crippen molar-refractivity contribution in [2.75, 3.05) is 0 Å². The van der Waals surface area contributed by atoms with Crippen molar-refractivity contribution in [2.24, 2.45) is 17.8 Å². The van der Waals surface area contributed by atoms with Crippen molar-refractivity contribution < 1.29 is 14.6 Å². The topological polar surface area (TPSA) is 46.5 Å². The van der Waals surface area contributed by atoms with Gasteiger partial charge in [-0.05, 0) is 0 Å². The third kappa shape index (κ3) is 4.18. The van der Waals surface area contributed by atoms with Gasteiger partial charge in [0, 0.05) is 0 Å². The van der Waals surface area contributed by atoms with Crippen molar-refractivity contribution in [1.29, 1.82) is 0 Å². The van der Waals surface area contributed by atoms with Crippen LogP contribution in [0.2, 0.25) is 4.82 Å². The van der Waals surface area contributed by atoms with E-state index >= 15 is 0 Å². The van der Waals surface area contributed by atoms with Crippen molar-refractivity contribution in [3.8, 4) is 0 Å². The molecule has 27 heavy (non-hydrogen) atoms. The summed E-state index contributed by atoms with van der Waals surface area (Å²) in [6, 6.07) is 10.5. The van der Waals surface area contributed by atoms with Crippen LogP contribution in [0.15, 0.2) is 42.0 Å². The van der Waals surface area contributed by atoms with Crippen LogP contribution in [0.4, 0.5) is 0 Å². The van der Waals surface area contributed by atoms with E-state index in [4.69, 9.17) is 4.74 Å². The third-order valence-corrected chi connectivity index (χ3v) is 9.60. The second-order valence-corrected chi connectivity index (χ2v) is 11.5. The Hall–Kier alpha value is -1.09. The molecular weight excluding hydrogens is 403 g/mol. The number of carbonyl (C=O) groups excluding carboxylic acids is 1. The molecule has 3 rings (SSSR count). The molecule has 1 N–H and O–H groups in total. The van der Waals surface area contributed by atoms with Crippen LogP contribution in [-0.4, -0.2) is 37.2 Å². The molecule has 0 aliphatic heterocycles. The van der Waals surface area contributed by atoms with Crippen molar-refractivity contribution in [3.05, 3.63) is 42.0 Å². The summed E-state index contributed by atoms with van der Waals surface area (Å²) >= 11 is 0.180. The van der Waals surface area contributed by atoms with E-state index in [0.717, 1.165) is 19.3 Å². The van der Waals surface area contributed by atoms with Crippen LogP contribution in [0.25, 0.3) is 0 Å². The molecule has 0 aromatic heterocycles. The van der Waals surface area contributed by atoms with Gasteiger partial charge < -0.3 is 0 Å². The van der Waals surface area contributed by atoms with Crippen molar-refractivity contribution in [2.45, 2.75) is 69.9 Å². The number of ether oxygens (including phenoxy) is 1. The molecule has 0 amide bonds. The summed E-state index contributed by atoms with van der Waals surface area (Å²) in [4.78, 5) is 12.1. The summed E-state index contributed by atoms with van der Waals surface area (Å²) in [6.07, 6.45) is 4.99. The first kappa shape index (κ1) is 20.6.